The van der Waals surface area contributed by atoms with Crippen LogP contribution in [-0.4, -0.2) is 32.6 Å². The van der Waals surface area contributed by atoms with Gasteiger partial charge >= 0.3 is 5.97 Å². The van der Waals surface area contributed by atoms with Gasteiger partial charge in [-0.3, -0.25) is 4.79 Å². The maximum absolute atomic E-state index is 12.3. The zero-order valence-corrected chi connectivity index (χ0v) is 13.3. The van der Waals surface area contributed by atoms with Crippen LogP contribution in [0.25, 0.3) is 0 Å². The largest absolute Gasteiger partial charge is 0.497 e. The maximum atomic E-state index is 12.3. The molecule has 0 atom stereocenters. The van der Waals surface area contributed by atoms with Gasteiger partial charge in [-0.2, -0.15) is 0 Å². The lowest BCUT2D eigenvalue weighted by Gasteiger charge is -2.10. The highest BCUT2D eigenvalue weighted by Crippen LogP contribution is 2.24. The van der Waals surface area contributed by atoms with Gasteiger partial charge in [-0.1, -0.05) is 17.7 Å². The van der Waals surface area contributed by atoms with Crippen molar-refractivity contribution in [1.29, 1.82) is 0 Å². The molecule has 0 saturated heterocycles. The topological polar surface area (TPSA) is 61.8 Å². The van der Waals surface area contributed by atoms with Crippen LogP contribution in [0.5, 0.6) is 11.5 Å². The average molecular weight is 314 g/mol. The van der Waals surface area contributed by atoms with Gasteiger partial charge in [-0.05, 0) is 37.3 Å². The predicted molar refractivity (Wildman–Crippen MR) is 85.3 cm³/mol. The van der Waals surface area contributed by atoms with Crippen LogP contribution in [0, 0.1) is 6.92 Å². The summed E-state index contributed by atoms with van der Waals surface area (Å²) in [6, 6.07) is 11.9. The molecule has 2 aromatic rings. The standard InChI is InChI=1S/C18H18O5/c1-12-5-4-6-13(9-12)18(20)23-11-16(19)15-10-14(21-2)7-8-17(15)22-3/h4-10H,11H2,1-3H3. The van der Waals surface area contributed by atoms with Gasteiger partial charge in [0.25, 0.3) is 0 Å². The summed E-state index contributed by atoms with van der Waals surface area (Å²) in [4.78, 5) is 24.3. The lowest BCUT2D eigenvalue weighted by Crippen LogP contribution is -2.15. The number of ketones is 1. The maximum Gasteiger partial charge on any atom is 0.338 e. The molecule has 0 saturated carbocycles. The molecule has 23 heavy (non-hydrogen) atoms. The number of esters is 1. The number of carbonyl (C=O) groups excluding carboxylic acids is 2. The van der Waals surface area contributed by atoms with E-state index in [1.807, 2.05) is 13.0 Å². The normalized spacial score (nSPS) is 10.0. The van der Waals surface area contributed by atoms with Crippen LogP contribution in [0.4, 0.5) is 0 Å². The van der Waals surface area contributed by atoms with E-state index in [-0.39, 0.29) is 12.4 Å². The van der Waals surface area contributed by atoms with Crippen molar-refractivity contribution < 1.29 is 23.8 Å². The number of carbonyl (C=O) groups is 2. The quantitative estimate of drug-likeness (QED) is 0.606. The Kier molecular flexibility index (Phi) is 5.36. The van der Waals surface area contributed by atoms with E-state index in [0.29, 0.717) is 22.6 Å². The van der Waals surface area contributed by atoms with Crippen LogP contribution in [0.1, 0.15) is 26.3 Å². The molecule has 0 amide bonds. The van der Waals surface area contributed by atoms with Gasteiger partial charge in [0.05, 0.1) is 25.3 Å². The summed E-state index contributed by atoms with van der Waals surface area (Å²) in [6.07, 6.45) is 0. The lowest BCUT2D eigenvalue weighted by molar-refractivity contribution is 0.0474. The molecule has 5 heteroatoms. The van der Waals surface area contributed by atoms with Gasteiger partial charge in [-0.25, -0.2) is 4.79 Å². The molecule has 0 aliphatic carbocycles. The van der Waals surface area contributed by atoms with Gasteiger partial charge < -0.3 is 14.2 Å². The Morgan fingerprint density at radius 2 is 1.78 bits per heavy atom. The highest BCUT2D eigenvalue weighted by molar-refractivity contribution is 6.01. The number of ether oxygens (including phenoxy) is 3. The first-order valence-electron chi connectivity index (χ1n) is 7.04. The summed E-state index contributed by atoms with van der Waals surface area (Å²) in [5.74, 6) is 0.0345. The highest BCUT2D eigenvalue weighted by atomic mass is 16.5. The predicted octanol–water partition coefficient (Wildman–Crippen LogP) is 3.05. The van der Waals surface area contributed by atoms with Crippen molar-refractivity contribution >= 4 is 11.8 Å². The molecular weight excluding hydrogens is 296 g/mol. The van der Waals surface area contributed by atoms with E-state index in [4.69, 9.17) is 14.2 Å². The molecule has 0 aromatic heterocycles. The van der Waals surface area contributed by atoms with Crippen molar-refractivity contribution in [2.45, 2.75) is 6.92 Å². The van der Waals surface area contributed by atoms with E-state index < -0.39 is 5.97 Å². The van der Waals surface area contributed by atoms with Crippen molar-refractivity contribution in [3.63, 3.8) is 0 Å². The van der Waals surface area contributed by atoms with Gasteiger partial charge in [0.1, 0.15) is 11.5 Å². The Labute approximate surface area is 134 Å². The summed E-state index contributed by atoms with van der Waals surface area (Å²) in [5, 5.41) is 0. The number of rotatable bonds is 6. The van der Waals surface area contributed by atoms with Gasteiger partial charge in [0.15, 0.2) is 6.61 Å². The van der Waals surface area contributed by atoms with Crippen LogP contribution >= 0.6 is 0 Å². The molecule has 0 aliphatic rings. The SMILES string of the molecule is COc1ccc(OC)c(C(=O)COC(=O)c2cccc(C)c2)c1. The molecule has 2 rings (SSSR count). The Hall–Kier alpha value is -2.82. The first kappa shape index (κ1) is 16.5. The summed E-state index contributed by atoms with van der Waals surface area (Å²) in [5.41, 5.74) is 1.67. The molecule has 5 nitrogen and oxygen atoms in total. The molecule has 0 spiro atoms. The smallest absolute Gasteiger partial charge is 0.338 e. The third-order valence-electron chi connectivity index (χ3n) is 3.30. The van der Waals surface area contributed by atoms with Crippen molar-refractivity contribution in [2.75, 3.05) is 20.8 Å². The zero-order chi connectivity index (χ0) is 16.8. The molecule has 120 valence electrons. The van der Waals surface area contributed by atoms with Crippen LogP contribution in [-0.2, 0) is 4.74 Å². The third kappa shape index (κ3) is 4.10. The fraction of sp³-hybridized carbons (Fsp3) is 0.222. The molecule has 0 bridgehead atoms. The van der Waals surface area contributed by atoms with E-state index in [0.717, 1.165) is 5.56 Å². The Bertz CT molecular complexity index is 721. The van der Waals surface area contributed by atoms with Gasteiger partial charge in [0, 0.05) is 0 Å². The number of Topliss-reactive ketones (excluding diaryl/α,β-unsaturated/α-hetero) is 1. The molecule has 0 radical (unpaired) electrons. The second kappa shape index (κ2) is 7.45. The molecule has 0 unspecified atom stereocenters. The van der Waals surface area contributed by atoms with Crippen LogP contribution in [0.2, 0.25) is 0 Å². The number of methoxy groups -OCH3 is 2. The zero-order valence-electron chi connectivity index (χ0n) is 13.3. The average Bonchev–Trinajstić information content (AvgIpc) is 2.58. The lowest BCUT2D eigenvalue weighted by atomic mass is 10.1. The summed E-state index contributed by atoms with van der Waals surface area (Å²) in [6.45, 7) is 1.51. The monoisotopic (exact) mass is 314 g/mol. The van der Waals surface area contributed by atoms with Crippen molar-refractivity contribution in [1.82, 2.24) is 0 Å². The fourth-order valence-corrected chi connectivity index (χ4v) is 2.10. The van der Waals surface area contributed by atoms with Crippen molar-refractivity contribution in [3.05, 3.63) is 59.2 Å². The van der Waals surface area contributed by atoms with Crippen molar-refractivity contribution in [2.24, 2.45) is 0 Å². The number of benzene rings is 2. The first-order chi connectivity index (χ1) is 11.0. The van der Waals surface area contributed by atoms with E-state index >= 15 is 0 Å². The van der Waals surface area contributed by atoms with Crippen molar-refractivity contribution in [3.8, 4) is 11.5 Å². The molecule has 0 fully saturated rings. The van der Waals surface area contributed by atoms with E-state index in [1.165, 1.54) is 14.2 Å². The summed E-state index contributed by atoms with van der Waals surface area (Å²) in [7, 11) is 2.98. The number of aryl methyl sites for hydroxylation is 1. The molecule has 0 aliphatic heterocycles. The Balaban J connectivity index is 2.09. The minimum absolute atomic E-state index is 0.309. The third-order valence-corrected chi connectivity index (χ3v) is 3.30. The molecule has 0 N–H and O–H groups in total. The second-order valence-electron chi connectivity index (χ2n) is 4.94. The van der Waals surface area contributed by atoms with Gasteiger partial charge in [-0.15, -0.1) is 0 Å². The molecule has 0 heterocycles. The molecule has 2 aromatic carbocycles. The van der Waals surface area contributed by atoms with Gasteiger partial charge in [0.2, 0.25) is 5.78 Å². The number of hydrogen-bond acceptors (Lipinski definition) is 5. The van der Waals surface area contributed by atoms with E-state index in [9.17, 15) is 9.59 Å². The van der Waals surface area contributed by atoms with Crippen LogP contribution < -0.4 is 9.47 Å². The minimum Gasteiger partial charge on any atom is -0.497 e. The summed E-state index contributed by atoms with van der Waals surface area (Å²) >= 11 is 0. The van der Waals surface area contributed by atoms with Crippen LogP contribution in [0.3, 0.4) is 0 Å². The fourth-order valence-electron chi connectivity index (χ4n) is 2.10. The van der Waals surface area contributed by atoms with E-state index in [1.54, 1.807) is 36.4 Å². The first-order valence-corrected chi connectivity index (χ1v) is 7.04. The Morgan fingerprint density at radius 1 is 1.00 bits per heavy atom. The Morgan fingerprint density at radius 3 is 2.43 bits per heavy atom. The molecular formula is C18H18O5. The summed E-state index contributed by atoms with van der Waals surface area (Å²) < 4.78 is 15.3. The highest BCUT2D eigenvalue weighted by Gasteiger charge is 2.16. The minimum atomic E-state index is -0.538. The van der Waals surface area contributed by atoms with E-state index in [2.05, 4.69) is 0 Å². The van der Waals surface area contributed by atoms with Crippen LogP contribution in [0.15, 0.2) is 42.5 Å². The second-order valence-corrected chi connectivity index (χ2v) is 4.94. The number of hydrogen-bond donors (Lipinski definition) is 0.